The highest BCUT2D eigenvalue weighted by atomic mass is 16.1. The van der Waals surface area contributed by atoms with Crippen LogP contribution in [0.25, 0.3) is 0 Å². The Morgan fingerprint density at radius 2 is 1.48 bits per heavy atom. The first-order valence-electron chi connectivity index (χ1n) is 8.43. The molecule has 0 aliphatic rings. The summed E-state index contributed by atoms with van der Waals surface area (Å²) >= 11 is 0. The van der Waals surface area contributed by atoms with Gasteiger partial charge in [-0.3, -0.25) is 4.79 Å². The van der Waals surface area contributed by atoms with Crippen LogP contribution in [-0.4, -0.2) is 12.5 Å². The molecule has 2 aromatic rings. The molecule has 0 aliphatic heterocycles. The van der Waals surface area contributed by atoms with E-state index in [1.807, 2.05) is 36.4 Å². The van der Waals surface area contributed by atoms with Crippen LogP contribution in [0.2, 0.25) is 0 Å². The van der Waals surface area contributed by atoms with Crippen LogP contribution < -0.4 is 10.6 Å². The Hall–Kier alpha value is -2.29. The smallest absolute Gasteiger partial charge is 0.243 e. The van der Waals surface area contributed by atoms with Crippen LogP contribution in [0.4, 0.5) is 11.4 Å². The van der Waals surface area contributed by atoms with Crippen molar-refractivity contribution in [3.8, 4) is 0 Å². The third-order valence-corrected chi connectivity index (χ3v) is 3.87. The average Bonchev–Trinajstić information content (AvgIpc) is 2.59. The second-order valence-corrected chi connectivity index (χ2v) is 5.75. The molecule has 0 aromatic heterocycles. The van der Waals surface area contributed by atoms with Gasteiger partial charge in [0.2, 0.25) is 5.91 Å². The fourth-order valence-corrected chi connectivity index (χ4v) is 2.38. The van der Waals surface area contributed by atoms with Gasteiger partial charge in [-0.15, -0.1) is 0 Å². The summed E-state index contributed by atoms with van der Waals surface area (Å²) in [5.41, 5.74) is 4.42. The molecule has 2 aromatic carbocycles. The van der Waals surface area contributed by atoms with Crippen molar-refractivity contribution in [1.29, 1.82) is 0 Å². The zero-order valence-corrected chi connectivity index (χ0v) is 14.1. The van der Waals surface area contributed by atoms with Gasteiger partial charge in [0.1, 0.15) is 0 Å². The van der Waals surface area contributed by atoms with E-state index in [4.69, 9.17) is 0 Å². The van der Waals surface area contributed by atoms with E-state index in [2.05, 4.69) is 36.6 Å². The standard InChI is InChI=1S/C20H26N2O/c1-3-5-6-17-9-11-18(12-10-17)21-15-20(23)22-19-13-7-16(4-2)8-14-19/h7-14,21H,3-6,15H2,1-2H3,(H,22,23). The normalized spacial score (nSPS) is 10.3. The first kappa shape index (κ1) is 17.1. The van der Waals surface area contributed by atoms with Crippen molar-refractivity contribution in [2.75, 3.05) is 17.2 Å². The number of unbranched alkanes of at least 4 members (excludes halogenated alkanes) is 1. The molecule has 23 heavy (non-hydrogen) atoms. The Labute approximate surface area is 139 Å². The van der Waals surface area contributed by atoms with E-state index >= 15 is 0 Å². The van der Waals surface area contributed by atoms with Gasteiger partial charge in [0, 0.05) is 11.4 Å². The lowest BCUT2D eigenvalue weighted by molar-refractivity contribution is -0.114. The third-order valence-electron chi connectivity index (χ3n) is 3.87. The van der Waals surface area contributed by atoms with Crippen molar-refractivity contribution in [3.63, 3.8) is 0 Å². The molecule has 0 saturated carbocycles. The number of carbonyl (C=O) groups excluding carboxylic acids is 1. The maximum absolute atomic E-state index is 12.0. The Balaban J connectivity index is 1.79. The lowest BCUT2D eigenvalue weighted by Crippen LogP contribution is -2.21. The summed E-state index contributed by atoms with van der Waals surface area (Å²) in [5, 5.41) is 6.06. The number of rotatable bonds is 8. The summed E-state index contributed by atoms with van der Waals surface area (Å²) < 4.78 is 0. The molecule has 0 atom stereocenters. The van der Waals surface area contributed by atoms with Gasteiger partial charge in [-0.05, 0) is 54.7 Å². The van der Waals surface area contributed by atoms with Crippen LogP contribution in [0.5, 0.6) is 0 Å². The molecule has 0 heterocycles. The van der Waals surface area contributed by atoms with Crippen LogP contribution in [0.15, 0.2) is 48.5 Å². The van der Waals surface area contributed by atoms with Gasteiger partial charge in [0.15, 0.2) is 0 Å². The highest BCUT2D eigenvalue weighted by Crippen LogP contribution is 2.12. The van der Waals surface area contributed by atoms with Gasteiger partial charge >= 0.3 is 0 Å². The molecule has 0 aliphatic carbocycles. The quantitative estimate of drug-likeness (QED) is 0.745. The number of amides is 1. The Kier molecular flexibility index (Phi) is 6.67. The number of benzene rings is 2. The van der Waals surface area contributed by atoms with Gasteiger partial charge in [-0.1, -0.05) is 44.5 Å². The second-order valence-electron chi connectivity index (χ2n) is 5.75. The third kappa shape index (κ3) is 5.78. The minimum absolute atomic E-state index is 0.0377. The van der Waals surface area contributed by atoms with Crippen LogP contribution >= 0.6 is 0 Å². The molecule has 0 radical (unpaired) electrons. The predicted octanol–water partition coefficient (Wildman–Crippen LogP) is 4.64. The van der Waals surface area contributed by atoms with Crippen LogP contribution in [0.3, 0.4) is 0 Å². The van der Waals surface area contributed by atoms with Crippen molar-refractivity contribution < 1.29 is 4.79 Å². The number of carbonyl (C=O) groups is 1. The van der Waals surface area contributed by atoms with Crippen molar-refractivity contribution in [2.45, 2.75) is 39.5 Å². The average molecular weight is 310 g/mol. The predicted molar refractivity (Wildman–Crippen MR) is 98.0 cm³/mol. The summed E-state index contributed by atoms with van der Waals surface area (Å²) in [7, 11) is 0. The number of aryl methyl sites for hydroxylation is 2. The summed E-state index contributed by atoms with van der Waals surface area (Å²) in [4.78, 5) is 12.0. The maximum atomic E-state index is 12.0. The SMILES string of the molecule is CCCCc1ccc(NCC(=O)Nc2ccc(CC)cc2)cc1. The molecule has 0 unspecified atom stereocenters. The first-order valence-corrected chi connectivity index (χ1v) is 8.43. The van der Waals surface area contributed by atoms with Crippen LogP contribution in [0, 0.1) is 0 Å². The van der Waals surface area contributed by atoms with Gasteiger partial charge in [-0.2, -0.15) is 0 Å². The minimum Gasteiger partial charge on any atom is -0.376 e. The maximum Gasteiger partial charge on any atom is 0.243 e. The van der Waals surface area contributed by atoms with Crippen molar-refractivity contribution >= 4 is 17.3 Å². The molecule has 0 bridgehead atoms. The Bertz CT molecular complexity index is 603. The largest absolute Gasteiger partial charge is 0.376 e. The second kappa shape index (κ2) is 8.99. The van der Waals surface area contributed by atoms with E-state index in [-0.39, 0.29) is 12.5 Å². The summed E-state index contributed by atoms with van der Waals surface area (Å²) in [6, 6.07) is 16.3. The topological polar surface area (TPSA) is 41.1 Å². The number of hydrogen-bond acceptors (Lipinski definition) is 2. The zero-order chi connectivity index (χ0) is 16.5. The van der Waals surface area contributed by atoms with Gasteiger partial charge in [0.25, 0.3) is 0 Å². The van der Waals surface area contributed by atoms with E-state index in [1.165, 1.54) is 24.0 Å². The molecular formula is C20H26N2O. The monoisotopic (exact) mass is 310 g/mol. The van der Waals surface area contributed by atoms with Gasteiger partial charge in [-0.25, -0.2) is 0 Å². The molecular weight excluding hydrogens is 284 g/mol. The fraction of sp³-hybridized carbons (Fsp3) is 0.350. The summed E-state index contributed by atoms with van der Waals surface area (Å²) in [6.45, 7) is 4.58. The molecule has 1 amide bonds. The van der Waals surface area contributed by atoms with Crippen molar-refractivity contribution in [3.05, 3.63) is 59.7 Å². The highest BCUT2D eigenvalue weighted by molar-refractivity contribution is 5.93. The summed E-state index contributed by atoms with van der Waals surface area (Å²) in [5.74, 6) is -0.0377. The van der Waals surface area contributed by atoms with E-state index in [0.717, 1.165) is 24.2 Å². The Morgan fingerprint density at radius 3 is 2.09 bits per heavy atom. The molecule has 122 valence electrons. The number of hydrogen-bond donors (Lipinski definition) is 2. The molecule has 3 heteroatoms. The van der Waals surface area contributed by atoms with Crippen LogP contribution in [-0.2, 0) is 17.6 Å². The molecule has 0 fully saturated rings. The lowest BCUT2D eigenvalue weighted by atomic mass is 10.1. The molecule has 2 N–H and O–H groups in total. The van der Waals surface area contributed by atoms with Crippen molar-refractivity contribution in [2.24, 2.45) is 0 Å². The van der Waals surface area contributed by atoms with Crippen molar-refractivity contribution in [1.82, 2.24) is 0 Å². The highest BCUT2D eigenvalue weighted by Gasteiger charge is 2.02. The molecule has 3 nitrogen and oxygen atoms in total. The van der Waals surface area contributed by atoms with Gasteiger partial charge in [0.05, 0.1) is 6.54 Å². The molecule has 2 rings (SSSR count). The first-order chi connectivity index (χ1) is 11.2. The zero-order valence-electron chi connectivity index (χ0n) is 14.1. The number of anilines is 2. The molecule has 0 saturated heterocycles. The van der Waals surface area contributed by atoms with E-state index in [0.29, 0.717) is 0 Å². The summed E-state index contributed by atoms with van der Waals surface area (Å²) in [6.07, 6.45) is 4.54. The fourth-order valence-electron chi connectivity index (χ4n) is 2.38. The van der Waals surface area contributed by atoms with E-state index in [1.54, 1.807) is 0 Å². The van der Waals surface area contributed by atoms with E-state index in [9.17, 15) is 4.79 Å². The molecule has 0 spiro atoms. The lowest BCUT2D eigenvalue weighted by Gasteiger charge is -2.09. The van der Waals surface area contributed by atoms with E-state index < -0.39 is 0 Å². The van der Waals surface area contributed by atoms with Gasteiger partial charge < -0.3 is 10.6 Å². The minimum atomic E-state index is -0.0377. The Morgan fingerprint density at radius 1 is 0.870 bits per heavy atom. The van der Waals surface area contributed by atoms with Crippen LogP contribution in [0.1, 0.15) is 37.8 Å². The number of nitrogens with one attached hydrogen (secondary N) is 2.